The largest absolute Gasteiger partial charge is 0.310 e. The zero-order valence-electron chi connectivity index (χ0n) is 29.4. The van der Waals surface area contributed by atoms with E-state index in [0.29, 0.717) is 0 Å². The van der Waals surface area contributed by atoms with E-state index in [2.05, 4.69) is 211 Å². The fraction of sp³-hybridized carbons (Fsp3) is 0. The molecule has 54 heavy (non-hydrogen) atoms. The molecule has 1 aromatic heterocycles. The fourth-order valence-electron chi connectivity index (χ4n) is 7.81. The smallest absolute Gasteiger partial charge is 0.124 e. The summed E-state index contributed by atoms with van der Waals surface area (Å²) >= 11 is 1.78. The van der Waals surface area contributed by atoms with E-state index in [1.54, 1.807) is 11.3 Å². The summed E-state index contributed by atoms with van der Waals surface area (Å²) in [5.41, 5.74) is 12.7. The van der Waals surface area contributed by atoms with E-state index in [1.165, 1.54) is 59.6 Å². The van der Waals surface area contributed by atoms with Gasteiger partial charge in [0.05, 0.1) is 15.9 Å². The molecular weight excluding hydrogens is 673 g/mol. The Kier molecular flexibility index (Phi) is 8.05. The van der Waals surface area contributed by atoms with Gasteiger partial charge in [-0.25, -0.2) is 4.98 Å². The van der Waals surface area contributed by atoms with Crippen LogP contribution in [0.4, 0.5) is 17.1 Å². The molecule has 0 aliphatic carbocycles. The number of para-hydroxylation sites is 1. The molecule has 10 rings (SSSR count). The first-order valence-corrected chi connectivity index (χ1v) is 19.1. The Labute approximate surface area is 318 Å². The van der Waals surface area contributed by atoms with Gasteiger partial charge in [-0.15, -0.1) is 11.3 Å². The third kappa shape index (κ3) is 5.63. The van der Waals surface area contributed by atoms with Gasteiger partial charge < -0.3 is 4.90 Å². The molecule has 0 amide bonds. The number of hydrogen-bond donors (Lipinski definition) is 0. The van der Waals surface area contributed by atoms with Crippen molar-refractivity contribution in [1.29, 1.82) is 0 Å². The first-order valence-electron chi connectivity index (χ1n) is 18.3. The Morgan fingerprint density at radius 2 is 0.926 bits per heavy atom. The molecule has 0 N–H and O–H groups in total. The highest BCUT2D eigenvalue weighted by molar-refractivity contribution is 7.22. The van der Waals surface area contributed by atoms with Crippen molar-refractivity contribution >= 4 is 60.2 Å². The van der Waals surface area contributed by atoms with Crippen LogP contribution in [0.5, 0.6) is 0 Å². The summed E-state index contributed by atoms with van der Waals surface area (Å²) in [7, 11) is 0. The van der Waals surface area contributed by atoms with E-state index < -0.39 is 0 Å². The van der Waals surface area contributed by atoms with Crippen LogP contribution >= 0.6 is 11.3 Å². The molecule has 254 valence electrons. The molecule has 1 heterocycles. The lowest BCUT2D eigenvalue weighted by Crippen LogP contribution is -2.10. The first kappa shape index (κ1) is 31.9. The molecule has 0 atom stereocenters. The summed E-state index contributed by atoms with van der Waals surface area (Å²) < 4.78 is 1.21. The molecule has 2 nitrogen and oxygen atoms in total. The van der Waals surface area contributed by atoms with E-state index in [-0.39, 0.29) is 0 Å². The second-order valence-electron chi connectivity index (χ2n) is 13.5. The SMILES string of the molecule is c1ccc(-c2nc3ccc4c(-c5ccccc5)cc5c(N(c6ccccc6)c6cccc(-c7ccccc7-c7ccccc7)c6)cccc5c4c3s2)cc1. The van der Waals surface area contributed by atoms with Crippen molar-refractivity contribution in [3.8, 4) is 44.0 Å². The van der Waals surface area contributed by atoms with Crippen LogP contribution in [0.1, 0.15) is 0 Å². The highest BCUT2D eigenvalue weighted by Gasteiger charge is 2.21. The third-order valence-electron chi connectivity index (χ3n) is 10.3. The molecule has 3 heteroatoms. The van der Waals surface area contributed by atoms with Crippen molar-refractivity contribution in [2.45, 2.75) is 0 Å². The van der Waals surface area contributed by atoms with Crippen LogP contribution in [0, 0.1) is 0 Å². The summed E-state index contributed by atoms with van der Waals surface area (Å²) in [4.78, 5) is 7.59. The monoisotopic (exact) mass is 706 g/mol. The van der Waals surface area contributed by atoms with Crippen molar-refractivity contribution in [3.63, 3.8) is 0 Å². The van der Waals surface area contributed by atoms with Gasteiger partial charge in [-0.1, -0.05) is 164 Å². The molecule has 0 saturated heterocycles. The number of hydrogen-bond acceptors (Lipinski definition) is 3. The van der Waals surface area contributed by atoms with Crippen LogP contribution in [0.25, 0.3) is 75.7 Å². The highest BCUT2D eigenvalue weighted by Crippen LogP contribution is 2.47. The number of fused-ring (bicyclic) bond motifs is 5. The number of benzene rings is 9. The van der Waals surface area contributed by atoms with Crippen LogP contribution in [-0.2, 0) is 0 Å². The number of anilines is 3. The topological polar surface area (TPSA) is 16.1 Å². The number of rotatable bonds is 7. The van der Waals surface area contributed by atoms with Crippen molar-refractivity contribution in [2.75, 3.05) is 4.90 Å². The second kappa shape index (κ2) is 13.6. The Bertz CT molecular complexity index is 2920. The number of thiazole rings is 1. The van der Waals surface area contributed by atoms with Crippen LogP contribution in [0.2, 0.25) is 0 Å². The van der Waals surface area contributed by atoms with Gasteiger partial charge in [0.15, 0.2) is 0 Å². The van der Waals surface area contributed by atoms with Gasteiger partial charge in [0.1, 0.15) is 5.01 Å². The minimum absolute atomic E-state index is 1.02. The Balaban J connectivity index is 1.24. The molecule has 0 aliphatic rings. The predicted octanol–water partition coefficient (Wildman–Crippen LogP) is 14.7. The molecule has 0 fully saturated rings. The maximum atomic E-state index is 5.17. The van der Waals surface area contributed by atoms with Gasteiger partial charge in [0.2, 0.25) is 0 Å². The quantitative estimate of drug-likeness (QED) is 0.153. The predicted molar refractivity (Wildman–Crippen MR) is 231 cm³/mol. The van der Waals surface area contributed by atoms with Crippen LogP contribution in [-0.4, -0.2) is 4.98 Å². The summed E-state index contributed by atoms with van der Waals surface area (Å²) in [6.45, 7) is 0. The summed E-state index contributed by atoms with van der Waals surface area (Å²) in [6.07, 6.45) is 0. The van der Waals surface area contributed by atoms with E-state index in [0.717, 1.165) is 33.1 Å². The molecule has 9 aromatic carbocycles. The van der Waals surface area contributed by atoms with E-state index in [4.69, 9.17) is 4.98 Å². The van der Waals surface area contributed by atoms with Crippen molar-refractivity contribution < 1.29 is 0 Å². The zero-order chi connectivity index (χ0) is 35.8. The number of nitrogens with zero attached hydrogens (tertiary/aromatic N) is 2. The minimum atomic E-state index is 1.02. The second-order valence-corrected chi connectivity index (χ2v) is 14.5. The van der Waals surface area contributed by atoms with Crippen LogP contribution < -0.4 is 4.90 Å². The lowest BCUT2D eigenvalue weighted by Gasteiger charge is -2.28. The maximum Gasteiger partial charge on any atom is 0.124 e. The molecule has 0 aliphatic heterocycles. The van der Waals surface area contributed by atoms with Gasteiger partial charge >= 0.3 is 0 Å². The average molecular weight is 707 g/mol. The normalized spacial score (nSPS) is 11.3. The first-order chi connectivity index (χ1) is 26.8. The molecule has 0 saturated carbocycles. The van der Waals surface area contributed by atoms with Crippen molar-refractivity contribution in [1.82, 2.24) is 4.98 Å². The molecule has 10 aromatic rings. The van der Waals surface area contributed by atoms with E-state index in [9.17, 15) is 0 Å². The molecule has 0 spiro atoms. The molecule has 0 bridgehead atoms. The Morgan fingerprint density at radius 1 is 0.370 bits per heavy atom. The minimum Gasteiger partial charge on any atom is -0.310 e. The Morgan fingerprint density at radius 3 is 1.63 bits per heavy atom. The van der Waals surface area contributed by atoms with Gasteiger partial charge in [-0.2, -0.15) is 0 Å². The number of aromatic nitrogens is 1. The summed E-state index contributed by atoms with van der Waals surface area (Å²) in [5, 5.41) is 5.90. The standard InChI is InChI=1S/C51H34N2S/c1-5-17-35(18-6-1)41-27-13-14-28-42(41)38-23-15-26-40(33-38)53(39-24-11-4-12-25-39)48-30-16-29-43-46(48)34-45(36-19-7-2-8-20-36)44-31-32-47-50(49(43)44)54-51(52-47)37-21-9-3-10-22-37/h1-34H. The van der Waals surface area contributed by atoms with E-state index in [1.807, 2.05) is 0 Å². The van der Waals surface area contributed by atoms with Gasteiger partial charge in [0, 0.05) is 27.7 Å². The Hall–Kier alpha value is -6.81. The van der Waals surface area contributed by atoms with Crippen LogP contribution in [0.3, 0.4) is 0 Å². The van der Waals surface area contributed by atoms with Gasteiger partial charge in [-0.3, -0.25) is 0 Å². The van der Waals surface area contributed by atoms with E-state index >= 15 is 0 Å². The summed E-state index contributed by atoms with van der Waals surface area (Å²) in [5.74, 6) is 0. The van der Waals surface area contributed by atoms with Crippen molar-refractivity contribution in [3.05, 3.63) is 206 Å². The molecular formula is C51H34N2S. The van der Waals surface area contributed by atoms with Crippen LogP contribution in [0.15, 0.2) is 206 Å². The summed E-state index contributed by atoms with van der Waals surface area (Å²) in [6, 6.07) is 74.0. The molecule has 0 unspecified atom stereocenters. The van der Waals surface area contributed by atoms with Gasteiger partial charge in [-0.05, 0) is 86.6 Å². The zero-order valence-corrected chi connectivity index (χ0v) is 30.2. The maximum absolute atomic E-state index is 5.17. The lowest BCUT2D eigenvalue weighted by atomic mass is 9.91. The highest BCUT2D eigenvalue weighted by atomic mass is 32.1. The third-order valence-corrected chi connectivity index (χ3v) is 11.4. The lowest BCUT2D eigenvalue weighted by molar-refractivity contribution is 1.30. The molecule has 0 radical (unpaired) electrons. The van der Waals surface area contributed by atoms with Crippen molar-refractivity contribution in [2.24, 2.45) is 0 Å². The average Bonchev–Trinajstić information content (AvgIpc) is 3.70. The van der Waals surface area contributed by atoms with Gasteiger partial charge in [0.25, 0.3) is 0 Å². The fourth-order valence-corrected chi connectivity index (χ4v) is 8.94.